The van der Waals surface area contributed by atoms with Gasteiger partial charge in [0, 0.05) is 19.3 Å². The van der Waals surface area contributed by atoms with Crippen molar-refractivity contribution in [3.05, 3.63) is 54.6 Å². The average molecular weight is 373 g/mol. The van der Waals surface area contributed by atoms with Gasteiger partial charge in [-0.15, -0.1) is 0 Å². The smallest absolute Gasteiger partial charge is 0.243 e. The third-order valence-corrected chi connectivity index (χ3v) is 3.64. The lowest BCUT2D eigenvalue weighted by molar-refractivity contribution is -0.115. The van der Waals surface area contributed by atoms with E-state index >= 15 is 0 Å². The van der Waals surface area contributed by atoms with E-state index in [9.17, 15) is 9.18 Å². The fourth-order valence-electron chi connectivity index (χ4n) is 2.24. The Hall–Kier alpha value is -3.16. The normalized spacial score (nSPS) is 12.2. The monoisotopic (exact) mass is 373 g/mol. The van der Waals surface area contributed by atoms with Gasteiger partial charge < -0.3 is 20.7 Å². The van der Waals surface area contributed by atoms with Crippen molar-refractivity contribution in [2.45, 2.75) is 19.4 Å². The first-order valence-electron chi connectivity index (χ1n) is 8.67. The number of aromatic nitrogens is 1. The van der Waals surface area contributed by atoms with Crippen LogP contribution in [0.15, 0.2) is 53.8 Å². The van der Waals surface area contributed by atoms with Gasteiger partial charge >= 0.3 is 0 Å². The maximum Gasteiger partial charge on any atom is 0.243 e. The van der Waals surface area contributed by atoms with Crippen molar-refractivity contribution < 1.29 is 13.9 Å². The van der Waals surface area contributed by atoms with Gasteiger partial charge in [0.1, 0.15) is 17.7 Å². The van der Waals surface area contributed by atoms with Gasteiger partial charge in [0.2, 0.25) is 5.91 Å². The second-order valence-electron chi connectivity index (χ2n) is 5.70. The van der Waals surface area contributed by atoms with E-state index in [-0.39, 0.29) is 24.4 Å². The van der Waals surface area contributed by atoms with Gasteiger partial charge in [0.25, 0.3) is 0 Å². The largest absolute Gasteiger partial charge is 0.489 e. The van der Waals surface area contributed by atoms with E-state index < -0.39 is 0 Å². The van der Waals surface area contributed by atoms with E-state index in [0.29, 0.717) is 23.9 Å². The molecule has 0 saturated heterocycles. The number of anilines is 1. The third kappa shape index (κ3) is 7.31. The van der Waals surface area contributed by atoms with Crippen molar-refractivity contribution >= 4 is 17.6 Å². The molecule has 8 heteroatoms. The molecule has 0 saturated carbocycles. The molecule has 1 atom stereocenters. The van der Waals surface area contributed by atoms with Crippen LogP contribution in [0, 0.1) is 5.82 Å². The predicted molar refractivity (Wildman–Crippen MR) is 103 cm³/mol. The van der Waals surface area contributed by atoms with Crippen LogP contribution in [0.25, 0.3) is 0 Å². The van der Waals surface area contributed by atoms with Gasteiger partial charge in [-0.1, -0.05) is 13.0 Å². The zero-order valence-electron chi connectivity index (χ0n) is 15.4. The highest BCUT2D eigenvalue weighted by molar-refractivity contribution is 5.94. The van der Waals surface area contributed by atoms with Crippen LogP contribution in [0.5, 0.6) is 5.75 Å². The summed E-state index contributed by atoms with van der Waals surface area (Å²) in [4.78, 5) is 20.0. The molecule has 1 amide bonds. The SMILES string of the molecule is CCC(CNC(=NC)NCC(=O)Nc1cccnc1)Oc1cccc(F)c1. The Morgan fingerprint density at radius 1 is 1.30 bits per heavy atom. The van der Waals surface area contributed by atoms with Gasteiger partial charge in [0.05, 0.1) is 25.0 Å². The molecule has 7 nitrogen and oxygen atoms in total. The highest BCUT2D eigenvalue weighted by Gasteiger charge is 2.11. The quantitative estimate of drug-likeness (QED) is 0.488. The third-order valence-electron chi connectivity index (χ3n) is 3.64. The average Bonchev–Trinajstić information content (AvgIpc) is 2.68. The summed E-state index contributed by atoms with van der Waals surface area (Å²) >= 11 is 0. The van der Waals surface area contributed by atoms with Gasteiger partial charge in [-0.2, -0.15) is 0 Å². The molecule has 27 heavy (non-hydrogen) atoms. The van der Waals surface area contributed by atoms with Crippen LogP contribution in [-0.4, -0.2) is 43.1 Å². The first-order valence-corrected chi connectivity index (χ1v) is 8.67. The number of benzene rings is 1. The molecule has 1 aromatic heterocycles. The molecule has 0 aliphatic carbocycles. The highest BCUT2D eigenvalue weighted by Crippen LogP contribution is 2.14. The highest BCUT2D eigenvalue weighted by atomic mass is 19.1. The number of pyridine rings is 1. The van der Waals surface area contributed by atoms with Gasteiger partial charge in [-0.3, -0.25) is 14.8 Å². The number of nitrogens with zero attached hydrogens (tertiary/aromatic N) is 2. The van der Waals surface area contributed by atoms with Crippen molar-refractivity contribution in [3.8, 4) is 5.75 Å². The lowest BCUT2D eigenvalue weighted by Gasteiger charge is -2.20. The maximum absolute atomic E-state index is 13.3. The number of guanidine groups is 1. The number of hydrogen-bond donors (Lipinski definition) is 3. The molecule has 1 unspecified atom stereocenters. The minimum atomic E-state index is -0.340. The zero-order valence-corrected chi connectivity index (χ0v) is 15.4. The Balaban J connectivity index is 1.77. The van der Waals surface area contributed by atoms with Crippen LogP contribution in [0.3, 0.4) is 0 Å². The van der Waals surface area contributed by atoms with Crippen molar-refractivity contribution in [1.29, 1.82) is 0 Å². The molecule has 0 aliphatic rings. The van der Waals surface area contributed by atoms with Crippen LogP contribution >= 0.6 is 0 Å². The van der Waals surface area contributed by atoms with Gasteiger partial charge in [-0.25, -0.2) is 4.39 Å². The van der Waals surface area contributed by atoms with Crippen LogP contribution in [-0.2, 0) is 4.79 Å². The predicted octanol–water partition coefficient (Wildman–Crippen LogP) is 2.18. The standard InChI is InChI=1S/C19H24FN5O2/c1-3-16(27-17-8-4-6-14(20)10-17)12-23-19(21-2)24-13-18(26)25-15-7-5-9-22-11-15/h4-11,16H,3,12-13H2,1-2H3,(H,25,26)(H2,21,23,24). The Bertz CT molecular complexity index is 755. The second-order valence-corrected chi connectivity index (χ2v) is 5.70. The lowest BCUT2D eigenvalue weighted by atomic mass is 10.2. The van der Waals surface area contributed by atoms with Crippen LogP contribution in [0.2, 0.25) is 0 Å². The molecule has 0 fully saturated rings. The summed E-state index contributed by atoms with van der Waals surface area (Å²) in [5, 5.41) is 8.76. The van der Waals surface area contributed by atoms with E-state index in [1.54, 1.807) is 43.7 Å². The summed E-state index contributed by atoms with van der Waals surface area (Å²) in [6, 6.07) is 9.53. The van der Waals surface area contributed by atoms with E-state index in [2.05, 4.69) is 25.9 Å². The summed E-state index contributed by atoms with van der Waals surface area (Å²) in [6.07, 6.45) is 3.76. The van der Waals surface area contributed by atoms with Crippen LogP contribution in [0.1, 0.15) is 13.3 Å². The Morgan fingerprint density at radius 2 is 2.15 bits per heavy atom. The van der Waals surface area contributed by atoms with E-state index in [0.717, 1.165) is 6.42 Å². The molecule has 2 rings (SSSR count). The minimum absolute atomic E-state index is 0.0517. The maximum atomic E-state index is 13.3. The lowest BCUT2D eigenvalue weighted by Crippen LogP contribution is -2.44. The zero-order chi connectivity index (χ0) is 19.5. The topological polar surface area (TPSA) is 87.6 Å². The molecule has 0 aliphatic heterocycles. The molecule has 1 heterocycles. The van der Waals surface area contributed by atoms with Crippen molar-refractivity contribution in [3.63, 3.8) is 0 Å². The molecule has 0 radical (unpaired) electrons. The number of halogens is 1. The number of carbonyl (C=O) groups is 1. The van der Waals surface area contributed by atoms with Crippen LogP contribution in [0.4, 0.5) is 10.1 Å². The van der Waals surface area contributed by atoms with Crippen molar-refractivity contribution in [1.82, 2.24) is 15.6 Å². The Labute approximate surface area is 158 Å². The number of rotatable bonds is 8. The number of amides is 1. The fourth-order valence-corrected chi connectivity index (χ4v) is 2.24. The summed E-state index contributed by atoms with van der Waals surface area (Å²) in [5.41, 5.74) is 0.627. The number of aliphatic imine (C=N–C) groups is 1. The van der Waals surface area contributed by atoms with E-state index in [4.69, 9.17) is 4.74 Å². The van der Waals surface area contributed by atoms with Gasteiger partial charge in [-0.05, 0) is 30.7 Å². The molecule has 2 aromatic rings. The fraction of sp³-hybridized carbons (Fsp3) is 0.316. The number of hydrogen-bond acceptors (Lipinski definition) is 4. The first kappa shape index (κ1) is 20.2. The minimum Gasteiger partial charge on any atom is -0.489 e. The van der Waals surface area contributed by atoms with E-state index in [1.165, 1.54) is 12.1 Å². The van der Waals surface area contributed by atoms with Crippen molar-refractivity contribution in [2.75, 3.05) is 25.5 Å². The van der Waals surface area contributed by atoms with Crippen LogP contribution < -0.4 is 20.7 Å². The number of nitrogens with one attached hydrogen (secondary N) is 3. The second kappa shape index (κ2) is 10.7. The number of carbonyl (C=O) groups excluding carboxylic acids is 1. The summed E-state index contributed by atoms with van der Waals surface area (Å²) in [5.74, 6) is 0.390. The summed E-state index contributed by atoms with van der Waals surface area (Å²) in [7, 11) is 1.61. The molecule has 1 aromatic carbocycles. The molecule has 0 spiro atoms. The summed E-state index contributed by atoms with van der Waals surface area (Å²) in [6.45, 7) is 2.48. The molecule has 144 valence electrons. The Morgan fingerprint density at radius 3 is 2.81 bits per heavy atom. The van der Waals surface area contributed by atoms with E-state index in [1.807, 2.05) is 6.92 Å². The van der Waals surface area contributed by atoms with Gasteiger partial charge in [0.15, 0.2) is 5.96 Å². The molecular weight excluding hydrogens is 349 g/mol. The molecular formula is C19H24FN5O2. The Kier molecular flexibility index (Phi) is 8.02. The molecule has 3 N–H and O–H groups in total. The molecule has 0 bridgehead atoms. The number of ether oxygens (including phenoxy) is 1. The van der Waals surface area contributed by atoms with Crippen molar-refractivity contribution in [2.24, 2.45) is 4.99 Å². The summed E-state index contributed by atoms with van der Waals surface area (Å²) < 4.78 is 19.0. The first-order chi connectivity index (χ1) is 13.1.